The van der Waals surface area contributed by atoms with Gasteiger partial charge in [-0.3, -0.25) is 0 Å². The number of para-hydroxylation sites is 2. The fourth-order valence-electron chi connectivity index (χ4n) is 3.23. The molecule has 3 aromatic rings. The molecule has 1 fully saturated rings. The molecule has 3 nitrogen and oxygen atoms in total. The van der Waals surface area contributed by atoms with Gasteiger partial charge in [-0.15, -0.1) is 0 Å². The Kier molecular flexibility index (Phi) is 5.17. The van der Waals surface area contributed by atoms with Crippen molar-refractivity contribution in [2.75, 3.05) is 11.5 Å². The smallest absolute Gasteiger partial charge is 0.199 e. The van der Waals surface area contributed by atoms with E-state index in [4.69, 9.17) is 9.47 Å². The summed E-state index contributed by atoms with van der Waals surface area (Å²) in [4.78, 5) is 2.24. The third kappa shape index (κ3) is 3.89. The fourth-order valence-corrected chi connectivity index (χ4v) is 3.23. The maximum Gasteiger partial charge on any atom is 0.199 e. The second-order valence-corrected chi connectivity index (χ2v) is 6.41. The van der Waals surface area contributed by atoms with E-state index in [1.807, 2.05) is 24.3 Å². The van der Waals surface area contributed by atoms with Crippen molar-refractivity contribution in [3.63, 3.8) is 0 Å². The van der Waals surface area contributed by atoms with Crippen LogP contribution in [-0.4, -0.2) is 12.9 Å². The molecule has 0 amide bonds. The Bertz CT molecular complexity index is 757. The minimum atomic E-state index is -0.117. The second-order valence-electron chi connectivity index (χ2n) is 6.41. The van der Waals surface area contributed by atoms with E-state index in [0.717, 1.165) is 42.3 Å². The van der Waals surface area contributed by atoms with E-state index in [1.165, 1.54) is 6.42 Å². The molecule has 3 heteroatoms. The second kappa shape index (κ2) is 8.07. The van der Waals surface area contributed by atoms with Crippen LogP contribution in [0.15, 0.2) is 84.9 Å². The standard InChI is InChI=1S/C23H23NO2/c1-3-9-19(10-4-1)24(20-11-5-2-6-12-20)21-14-16-22(17-15-21)26-23-13-7-8-18-25-23/h1-6,9-12,14-17,23H,7-8,13,18H2. The fraction of sp³-hybridized carbons (Fsp3) is 0.217. The van der Waals surface area contributed by atoms with E-state index in [2.05, 4.69) is 65.6 Å². The van der Waals surface area contributed by atoms with Crippen LogP contribution < -0.4 is 9.64 Å². The van der Waals surface area contributed by atoms with Gasteiger partial charge in [0.1, 0.15) is 5.75 Å². The largest absolute Gasteiger partial charge is 0.465 e. The minimum absolute atomic E-state index is 0.117. The molecule has 1 saturated heterocycles. The monoisotopic (exact) mass is 345 g/mol. The molecule has 1 atom stereocenters. The van der Waals surface area contributed by atoms with Crippen molar-refractivity contribution in [1.29, 1.82) is 0 Å². The SMILES string of the molecule is c1ccc(N(c2ccccc2)c2ccc(OC3CCCCO3)cc2)cc1. The zero-order chi connectivity index (χ0) is 17.6. The lowest BCUT2D eigenvalue weighted by Gasteiger charge is -2.26. The quantitative estimate of drug-likeness (QED) is 0.561. The van der Waals surface area contributed by atoms with Crippen molar-refractivity contribution >= 4 is 17.1 Å². The summed E-state index contributed by atoms with van der Waals surface area (Å²) in [6.07, 6.45) is 3.14. The van der Waals surface area contributed by atoms with Crippen LogP contribution in [0.5, 0.6) is 5.75 Å². The average Bonchev–Trinajstić information content (AvgIpc) is 2.72. The third-order valence-corrected chi connectivity index (χ3v) is 4.53. The number of hydrogen-bond donors (Lipinski definition) is 0. The van der Waals surface area contributed by atoms with Gasteiger partial charge in [-0.05, 0) is 61.4 Å². The summed E-state index contributed by atoms with van der Waals surface area (Å²) in [6.45, 7) is 0.790. The molecule has 1 aliphatic heterocycles. The highest BCUT2D eigenvalue weighted by atomic mass is 16.7. The number of anilines is 3. The zero-order valence-corrected chi connectivity index (χ0v) is 14.8. The van der Waals surface area contributed by atoms with Crippen LogP contribution in [-0.2, 0) is 4.74 Å². The lowest BCUT2D eigenvalue weighted by Crippen LogP contribution is -2.24. The molecule has 0 aromatic heterocycles. The van der Waals surface area contributed by atoms with E-state index >= 15 is 0 Å². The molecule has 26 heavy (non-hydrogen) atoms. The van der Waals surface area contributed by atoms with Crippen LogP contribution in [0.3, 0.4) is 0 Å². The first-order valence-corrected chi connectivity index (χ1v) is 9.19. The summed E-state index contributed by atoms with van der Waals surface area (Å²) in [5.41, 5.74) is 3.35. The molecular formula is C23H23NO2. The van der Waals surface area contributed by atoms with Crippen molar-refractivity contribution in [3.05, 3.63) is 84.9 Å². The van der Waals surface area contributed by atoms with Crippen molar-refractivity contribution < 1.29 is 9.47 Å². The van der Waals surface area contributed by atoms with Crippen LogP contribution in [0.1, 0.15) is 19.3 Å². The molecule has 3 aromatic carbocycles. The normalized spacial score (nSPS) is 16.8. The first-order valence-electron chi connectivity index (χ1n) is 9.19. The highest BCUT2D eigenvalue weighted by Crippen LogP contribution is 2.35. The van der Waals surface area contributed by atoms with Gasteiger partial charge < -0.3 is 14.4 Å². The summed E-state index contributed by atoms with van der Waals surface area (Å²) in [5.74, 6) is 0.849. The van der Waals surface area contributed by atoms with E-state index in [-0.39, 0.29) is 6.29 Å². The molecule has 0 radical (unpaired) electrons. The predicted octanol–water partition coefficient (Wildman–Crippen LogP) is 6.06. The highest BCUT2D eigenvalue weighted by molar-refractivity contribution is 5.76. The minimum Gasteiger partial charge on any atom is -0.465 e. The van der Waals surface area contributed by atoms with Gasteiger partial charge in [-0.1, -0.05) is 36.4 Å². The Morgan fingerprint density at radius 3 is 1.81 bits per heavy atom. The molecule has 0 saturated carbocycles. The van der Waals surface area contributed by atoms with Gasteiger partial charge in [-0.2, -0.15) is 0 Å². The molecule has 1 aliphatic rings. The predicted molar refractivity (Wildman–Crippen MR) is 105 cm³/mol. The lowest BCUT2D eigenvalue weighted by molar-refractivity contribution is -0.105. The molecule has 132 valence electrons. The van der Waals surface area contributed by atoms with E-state index < -0.39 is 0 Å². The topological polar surface area (TPSA) is 21.7 Å². The van der Waals surface area contributed by atoms with E-state index in [1.54, 1.807) is 0 Å². The average molecular weight is 345 g/mol. The summed E-state index contributed by atoms with van der Waals surface area (Å²) < 4.78 is 11.6. The Hall–Kier alpha value is -2.78. The Balaban J connectivity index is 1.59. The Labute approximate surface area is 154 Å². The maximum absolute atomic E-state index is 5.96. The van der Waals surface area contributed by atoms with Gasteiger partial charge in [0.2, 0.25) is 0 Å². The first-order chi connectivity index (χ1) is 12.9. The van der Waals surface area contributed by atoms with Crippen molar-refractivity contribution in [2.24, 2.45) is 0 Å². The summed E-state index contributed by atoms with van der Waals surface area (Å²) in [7, 11) is 0. The molecule has 1 heterocycles. The van der Waals surface area contributed by atoms with Crippen LogP contribution in [0.4, 0.5) is 17.1 Å². The summed E-state index contributed by atoms with van der Waals surface area (Å²) in [5, 5.41) is 0. The molecule has 1 unspecified atom stereocenters. The number of benzene rings is 3. The Morgan fingerprint density at radius 2 is 1.27 bits per heavy atom. The van der Waals surface area contributed by atoms with Gasteiger partial charge in [0, 0.05) is 23.5 Å². The third-order valence-electron chi connectivity index (χ3n) is 4.53. The van der Waals surface area contributed by atoms with Crippen LogP contribution in [0, 0.1) is 0 Å². The van der Waals surface area contributed by atoms with E-state index in [9.17, 15) is 0 Å². The zero-order valence-electron chi connectivity index (χ0n) is 14.8. The number of rotatable bonds is 5. The van der Waals surface area contributed by atoms with Crippen molar-refractivity contribution in [1.82, 2.24) is 0 Å². The lowest BCUT2D eigenvalue weighted by atomic mass is 10.2. The molecular weight excluding hydrogens is 322 g/mol. The van der Waals surface area contributed by atoms with Gasteiger partial charge in [-0.25, -0.2) is 0 Å². The summed E-state index contributed by atoms with van der Waals surface area (Å²) >= 11 is 0. The van der Waals surface area contributed by atoms with Gasteiger partial charge >= 0.3 is 0 Å². The first kappa shape index (κ1) is 16.7. The van der Waals surface area contributed by atoms with Crippen molar-refractivity contribution in [3.8, 4) is 5.75 Å². The van der Waals surface area contributed by atoms with Crippen LogP contribution in [0.2, 0.25) is 0 Å². The van der Waals surface area contributed by atoms with Gasteiger partial charge in [0.15, 0.2) is 6.29 Å². The molecule has 0 N–H and O–H groups in total. The van der Waals surface area contributed by atoms with Gasteiger partial charge in [0.25, 0.3) is 0 Å². The van der Waals surface area contributed by atoms with Crippen LogP contribution in [0.25, 0.3) is 0 Å². The number of ether oxygens (including phenoxy) is 2. The maximum atomic E-state index is 5.96. The number of hydrogen-bond acceptors (Lipinski definition) is 3. The van der Waals surface area contributed by atoms with Gasteiger partial charge in [0.05, 0.1) is 6.61 Å². The molecule has 4 rings (SSSR count). The number of nitrogens with zero attached hydrogens (tertiary/aromatic N) is 1. The molecule has 0 spiro atoms. The van der Waals surface area contributed by atoms with Crippen LogP contribution >= 0.6 is 0 Å². The van der Waals surface area contributed by atoms with Crippen molar-refractivity contribution in [2.45, 2.75) is 25.6 Å². The summed E-state index contributed by atoms with van der Waals surface area (Å²) in [6, 6.07) is 29.0. The van der Waals surface area contributed by atoms with E-state index in [0.29, 0.717) is 0 Å². The Morgan fingerprint density at radius 1 is 0.692 bits per heavy atom. The molecule has 0 aliphatic carbocycles. The highest BCUT2D eigenvalue weighted by Gasteiger charge is 2.16. The molecule has 0 bridgehead atoms.